The zero-order valence-corrected chi connectivity index (χ0v) is 13.3. The van der Waals surface area contributed by atoms with Gasteiger partial charge in [-0.05, 0) is 19.1 Å². The van der Waals surface area contributed by atoms with Crippen LogP contribution in [0.15, 0.2) is 48.0 Å². The normalized spacial score (nSPS) is 10.8. The number of methoxy groups -OCH3 is 2. The predicted octanol–water partition coefficient (Wildman–Crippen LogP) is 3.80. The second-order valence-electron chi connectivity index (χ2n) is 4.95. The van der Waals surface area contributed by atoms with Gasteiger partial charge in [-0.1, -0.05) is 42.0 Å². The van der Waals surface area contributed by atoms with Crippen molar-refractivity contribution in [3.8, 4) is 17.6 Å². The molecule has 4 nitrogen and oxygen atoms in total. The largest absolute Gasteiger partial charge is 0.493 e. The number of carbonyl (C=O) groups is 1. The molecule has 4 heteroatoms. The van der Waals surface area contributed by atoms with Gasteiger partial charge in [-0.15, -0.1) is 0 Å². The van der Waals surface area contributed by atoms with Gasteiger partial charge in [0.2, 0.25) is 5.78 Å². The Kier molecular flexibility index (Phi) is 5.16. The second kappa shape index (κ2) is 7.28. The number of hydrogen-bond donors (Lipinski definition) is 0. The van der Waals surface area contributed by atoms with Gasteiger partial charge in [-0.3, -0.25) is 4.79 Å². The molecule has 0 fully saturated rings. The Morgan fingerprint density at radius 2 is 1.78 bits per heavy atom. The lowest BCUT2D eigenvalue weighted by Crippen LogP contribution is -2.02. The van der Waals surface area contributed by atoms with Crippen LogP contribution in [0.2, 0.25) is 0 Å². The van der Waals surface area contributed by atoms with Crippen LogP contribution >= 0.6 is 0 Å². The maximum Gasteiger partial charge on any atom is 0.203 e. The number of ether oxygens (including phenoxy) is 2. The summed E-state index contributed by atoms with van der Waals surface area (Å²) in [5, 5.41) is 9.35. The average molecular weight is 307 g/mol. The zero-order valence-electron chi connectivity index (χ0n) is 13.3. The number of nitrogens with zero attached hydrogens (tertiary/aromatic N) is 1. The topological polar surface area (TPSA) is 59.3 Å². The van der Waals surface area contributed by atoms with Gasteiger partial charge in [0, 0.05) is 11.1 Å². The second-order valence-corrected chi connectivity index (χ2v) is 4.95. The molecule has 116 valence electrons. The molecule has 0 spiro atoms. The van der Waals surface area contributed by atoms with Crippen LogP contribution in [-0.4, -0.2) is 20.0 Å². The van der Waals surface area contributed by atoms with Crippen molar-refractivity contribution in [1.29, 1.82) is 5.26 Å². The van der Waals surface area contributed by atoms with Crippen LogP contribution in [0, 0.1) is 18.3 Å². The third kappa shape index (κ3) is 3.58. The first-order chi connectivity index (χ1) is 11.1. The smallest absolute Gasteiger partial charge is 0.203 e. The number of rotatable bonds is 5. The summed E-state index contributed by atoms with van der Waals surface area (Å²) in [6.07, 6.45) is 1.52. The third-order valence-corrected chi connectivity index (χ3v) is 3.41. The van der Waals surface area contributed by atoms with E-state index in [-0.39, 0.29) is 11.4 Å². The van der Waals surface area contributed by atoms with Crippen molar-refractivity contribution in [3.05, 3.63) is 64.7 Å². The van der Waals surface area contributed by atoms with E-state index in [4.69, 9.17) is 9.47 Å². The Bertz CT molecular complexity index is 783. The number of para-hydroxylation sites is 1. The van der Waals surface area contributed by atoms with Gasteiger partial charge >= 0.3 is 0 Å². The van der Waals surface area contributed by atoms with E-state index >= 15 is 0 Å². The van der Waals surface area contributed by atoms with Crippen molar-refractivity contribution in [1.82, 2.24) is 0 Å². The minimum absolute atomic E-state index is 0.0420. The highest BCUT2D eigenvalue weighted by Gasteiger charge is 2.14. The van der Waals surface area contributed by atoms with Crippen molar-refractivity contribution in [2.45, 2.75) is 6.92 Å². The van der Waals surface area contributed by atoms with E-state index in [9.17, 15) is 10.1 Å². The lowest BCUT2D eigenvalue weighted by Gasteiger charge is -2.10. The molecule has 0 N–H and O–H groups in total. The van der Waals surface area contributed by atoms with Gasteiger partial charge in [0.15, 0.2) is 11.5 Å². The molecular weight excluding hydrogens is 290 g/mol. The van der Waals surface area contributed by atoms with Crippen LogP contribution in [-0.2, 0) is 0 Å². The molecule has 0 saturated heterocycles. The first kappa shape index (κ1) is 16.3. The first-order valence-electron chi connectivity index (χ1n) is 7.05. The molecule has 0 bridgehead atoms. The number of allylic oxidation sites excluding steroid dienone is 1. The summed E-state index contributed by atoms with van der Waals surface area (Å²) in [5.74, 6) is 0.707. The molecule has 2 aromatic rings. The van der Waals surface area contributed by atoms with Crippen molar-refractivity contribution in [2.24, 2.45) is 0 Å². The molecule has 0 amide bonds. The molecule has 23 heavy (non-hydrogen) atoms. The van der Waals surface area contributed by atoms with Gasteiger partial charge < -0.3 is 9.47 Å². The fourth-order valence-corrected chi connectivity index (χ4v) is 2.19. The van der Waals surface area contributed by atoms with Crippen LogP contribution in [0.25, 0.3) is 6.08 Å². The van der Waals surface area contributed by atoms with Crippen LogP contribution in [0.5, 0.6) is 11.5 Å². The van der Waals surface area contributed by atoms with Crippen LogP contribution in [0.4, 0.5) is 0 Å². The Morgan fingerprint density at radius 3 is 2.35 bits per heavy atom. The Morgan fingerprint density at radius 1 is 1.09 bits per heavy atom. The van der Waals surface area contributed by atoms with Gasteiger partial charge in [0.05, 0.1) is 14.2 Å². The molecule has 0 atom stereocenters. The van der Waals surface area contributed by atoms with Gasteiger partial charge in [-0.2, -0.15) is 5.26 Å². The van der Waals surface area contributed by atoms with Crippen molar-refractivity contribution in [3.63, 3.8) is 0 Å². The molecular formula is C19H17NO3. The van der Waals surface area contributed by atoms with E-state index in [1.165, 1.54) is 20.3 Å². The van der Waals surface area contributed by atoms with E-state index in [0.717, 1.165) is 5.56 Å². The fourth-order valence-electron chi connectivity index (χ4n) is 2.19. The molecule has 0 aromatic heterocycles. The van der Waals surface area contributed by atoms with Gasteiger partial charge in [-0.25, -0.2) is 0 Å². The molecule has 0 aliphatic heterocycles. The first-order valence-corrected chi connectivity index (χ1v) is 7.05. The number of ketones is 1. The average Bonchev–Trinajstić information content (AvgIpc) is 2.59. The van der Waals surface area contributed by atoms with E-state index in [1.807, 2.05) is 25.1 Å². The van der Waals surface area contributed by atoms with E-state index < -0.39 is 0 Å². The highest BCUT2D eigenvalue weighted by Crippen LogP contribution is 2.32. The summed E-state index contributed by atoms with van der Waals surface area (Å²) in [7, 11) is 3.05. The predicted molar refractivity (Wildman–Crippen MR) is 88.6 cm³/mol. The number of benzene rings is 2. The van der Waals surface area contributed by atoms with E-state index in [0.29, 0.717) is 22.6 Å². The van der Waals surface area contributed by atoms with Crippen LogP contribution in [0.1, 0.15) is 21.5 Å². The van der Waals surface area contributed by atoms with Crippen LogP contribution < -0.4 is 9.47 Å². The monoisotopic (exact) mass is 307 g/mol. The summed E-state index contributed by atoms with van der Waals surface area (Å²) in [4.78, 5) is 12.5. The molecule has 0 saturated carbocycles. The van der Waals surface area contributed by atoms with Gasteiger partial charge in [0.1, 0.15) is 11.6 Å². The molecule has 0 unspecified atom stereocenters. The number of carbonyl (C=O) groups excluding carboxylic acids is 1. The van der Waals surface area contributed by atoms with Crippen molar-refractivity contribution >= 4 is 11.9 Å². The third-order valence-electron chi connectivity index (χ3n) is 3.41. The van der Waals surface area contributed by atoms with E-state index in [2.05, 4.69) is 0 Å². The molecule has 2 aromatic carbocycles. The standard InChI is InChI=1S/C19H17NO3/c1-13-7-9-14(10-8-13)18(21)16(12-20)11-15-5-4-6-17(22-2)19(15)23-3/h4-11H,1-3H3/b16-11+. The molecule has 0 heterocycles. The number of aryl methyl sites for hydroxylation is 1. The maximum atomic E-state index is 12.5. The minimum Gasteiger partial charge on any atom is -0.493 e. The highest BCUT2D eigenvalue weighted by atomic mass is 16.5. The summed E-state index contributed by atoms with van der Waals surface area (Å²) >= 11 is 0. The quantitative estimate of drug-likeness (QED) is 0.479. The van der Waals surface area contributed by atoms with Crippen molar-refractivity contribution < 1.29 is 14.3 Å². The molecule has 2 rings (SSSR count). The summed E-state index contributed by atoms with van der Waals surface area (Å²) in [5.41, 5.74) is 2.19. The molecule has 0 radical (unpaired) electrons. The lowest BCUT2D eigenvalue weighted by atomic mass is 10.0. The molecule has 0 aliphatic rings. The number of hydrogen-bond acceptors (Lipinski definition) is 4. The Labute approximate surface area is 135 Å². The Balaban J connectivity index is 2.45. The van der Waals surface area contributed by atoms with Crippen LogP contribution in [0.3, 0.4) is 0 Å². The maximum absolute atomic E-state index is 12.5. The SMILES string of the molecule is COc1cccc(/C=C(\C#N)C(=O)c2ccc(C)cc2)c1OC. The Hall–Kier alpha value is -3.06. The zero-order chi connectivity index (χ0) is 16.8. The van der Waals surface area contributed by atoms with Gasteiger partial charge in [0.25, 0.3) is 0 Å². The van der Waals surface area contributed by atoms with E-state index in [1.54, 1.807) is 30.3 Å². The lowest BCUT2D eigenvalue weighted by molar-refractivity contribution is 0.104. The number of nitriles is 1. The summed E-state index contributed by atoms with van der Waals surface area (Å²) < 4.78 is 10.6. The fraction of sp³-hybridized carbons (Fsp3) is 0.158. The molecule has 0 aliphatic carbocycles. The van der Waals surface area contributed by atoms with Crippen molar-refractivity contribution in [2.75, 3.05) is 14.2 Å². The highest BCUT2D eigenvalue weighted by molar-refractivity contribution is 6.14. The summed E-state index contributed by atoms with van der Waals surface area (Å²) in [6, 6.07) is 14.4. The summed E-state index contributed by atoms with van der Waals surface area (Å²) in [6.45, 7) is 1.94. The number of Topliss-reactive ketones (excluding diaryl/α,β-unsaturated/α-hetero) is 1. The minimum atomic E-state index is -0.322.